The number of anilines is 1. The maximum absolute atomic E-state index is 13.1. The number of benzene rings is 2. The standard InChI is InChI=1S/C21H22FN3O2/c1-13-4-10-19(14(2)12-13)23-20(26)11-9-18-15(3)24-25(21(18)27)17-7-5-16(22)6-8-17/h4-8,10,12,24H,9,11H2,1-3H3,(H,23,26). The van der Waals surface area contributed by atoms with Gasteiger partial charge < -0.3 is 5.32 Å². The van der Waals surface area contributed by atoms with Crippen molar-refractivity contribution >= 4 is 11.6 Å². The van der Waals surface area contributed by atoms with Gasteiger partial charge in [-0.05, 0) is 63.1 Å². The summed E-state index contributed by atoms with van der Waals surface area (Å²) in [7, 11) is 0. The van der Waals surface area contributed by atoms with Crippen molar-refractivity contribution < 1.29 is 9.18 Å². The third-order valence-corrected chi connectivity index (χ3v) is 4.54. The molecule has 6 heteroatoms. The average Bonchev–Trinajstić information content (AvgIpc) is 2.90. The smallest absolute Gasteiger partial charge is 0.274 e. The molecule has 0 unspecified atom stereocenters. The molecule has 0 saturated heterocycles. The Kier molecular flexibility index (Phi) is 5.26. The molecule has 5 nitrogen and oxygen atoms in total. The van der Waals surface area contributed by atoms with E-state index in [1.54, 1.807) is 6.92 Å². The molecular formula is C21H22FN3O2. The summed E-state index contributed by atoms with van der Waals surface area (Å²) in [6, 6.07) is 11.5. The molecule has 140 valence electrons. The van der Waals surface area contributed by atoms with Crippen LogP contribution in [0.1, 0.15) is 28.8 Å². The highest BCUT2D eigenvalue weighted by atomic mass is 19.1. The molecule has 0 aliphatic heterocycles. The molecule has 0 spiro atoms. The molecule has 3 aromatic rings. The number of carbonyl (C=O) groups is 1. The van der Waals surface area contributed by atoms with Gasteiger partial charge in [0, 0.05) is 23.4 Å². The predicted octanol–water partition coefficient (Wildman–Crippen LogP) is 3.80. The number of aryl methyl sites for hydroxylation is 3. The van der Waals surface area contributed by atoms with E-state index < -0.39 is 0 Å². The SMILES string of the molecule is Cc1ccc(NC(=O)CCc2c(C)[nH]n(-c3ccc(F)cc3)c2=O)c(C)c1. The summed E-state index contributed by atoms with van der Waals surface area (Å²) in [5, 5.41) is 5.88. The van der Waals surface area contributed by atoms with Crippen LogP contribution in [0.5, 0.6) is 0 Å². The number of hydrogen-bond donors (Lipinski definition) is 2. The number of amides is 1. The summed E-state index contributed by atoms with van der Waals surface area (Å²) in [6.07, 6.45) is 0.525. The van der Waals surface area contributed by atoms with Crippen molar-refractivity contribution in [2.45, 2.75) is 33.6 Å². The van der Waals surface area contributed by atoms with E-state index in [1.165, 1.54) is 28.9 Å². The highest BCUT2D eigenvalue weighted by Crippen LogP contribution is 2.17. The summed E-state index contributed by atoms with van der Waals surface area (Å²) in [4.78, 5) is 24.9. The zero-order valence-corrected chi connectivity index (χ0v) is 15.6. The first-order valence-electron chi connectivity index (χ1n) is 8.78. The Morgan fingerprint density at radius 2 is 1.81 bits per heavy atom. The molecule has 1 aromatic heterocycles. The van der Waals surface area contributed by atoms with Gasteiger partial charge in [0.15, 0.2) is 0 Å². The molecule has 0 aliphatic carbocycles. The van der Waals surface area contributed by atoms with Gasteiger partial charge in [0.2, 0.25) is 5.91 Å². The van der Waals surface area contributed by atoms with E-state index in [9.17, 15) is 14.0 Å². The zero-order valence-electron chi connectivity index (χ0n) is 15.6. The van der Waals surface area contributed by atoms with Gasteiger partial charge in [0.25, 0.3) is 5.56 Å². The molecule has 2 aromatic carbocycles. The van der Waals surface area contributed by atoms with Crippen molar-refractivity contribution in [3.05, 3.63) is 81.0 Å². The third kappa shape index (κ3) is 4.16. The van der Waals surface area contributed by atoms with Gasteiger partial charge in [-0.1, -0.05) is 17.7 Å². The summed E-state index contributed by atoms with van der Waals surface area (Å²) in [5.41, 5.74) is 4.49. The zero-order chi connectivity index (χ0) is 19.6. The highest BCUT2D eigenvalue weighted by molar-refractivity contribution is 5.91. The Bertz CT molecular complexity index is 1030. The van der Waals surface area contributed by atoms with Crippen LogP contribution in [0.4, 0.5) is 10.1 Å². The molecule has 0 aliphatic rings. The molecule has 0 radical (unpaired) electrons. The van der Waals surface area contributed by atoms with Gasteiger partial charge in [0.05, 0.1) is 5.69 Å². The lowest BCUT2D eigenvalue weighted by molar-refractivity contribution is -0.116. The number of aromatic amines is 1. The molecule has 0 bridgehead atoms. The van der Waals surface area contributed by atoms with Gasteiger partial charge in [-0.3, -0.25) is 14.7 Å². The van der Waals surface area contributed by atoms with Gasteiger partial charge in [-0.15, -0.1) is 0 Å². The first-order chi connectivity index (χ1) is 12.8. The third-order valence-electron chi connectivity index (χ3n) is 4.54. The molecule has 0 fully saturated rings. The van der Waals surface area contributed by atoms with Crippen molar-refractivity contribution in [2.24, 2.45) is 0 Å². The lowest BCUT2D eigenvalue weighted by atomic mass is 10.1. The van der Waals surface area contributed by atoms with Gasteiger partial charge in [0.1, 0.15) is 5.82 Å². The Morgan fingerprint density at radius 1 is 1.11 bits per heavy atom. The maximum Gasteiger partial charge on any atom is 0.274 e. The summed E-state index contributed by atoms with van der Waals surface area (Å²) >= 11 is 0. The van der Waals surface area contributed by atoms with Crippen LogP contribution < -0.4 is 10.9 Å². The number of hydrogen-bond acceptors (Lipinski definition) is 2. The average molecular weight is 367 g/mol. The molecule has 2 N–H and O–H groups in total. The number of nitrogens with one attached hydrogen (secondary N) is 2. The van der Waals surface area contributed by atoms with Crippen LogP contribution in [0.25, 0.3) is 5.69 Å². The minimum Gasteiger partial charge on any atom is -0.326 e. The Hall–Kier alpha value is -3.15. The van der Waals surface area contributed by atoms with Crippen LogP contribution in [0, 0.1) is 26.6 Å². The molecule has 0 atom stereocenters. The predicted molar refractivity (Wildman–Crippen MR) is 104 cm³/mol. The first-order valence-corrected chi connectivity index (χ1v) is 8.78. The topological polar surface area (TPSA) is 66.9 Å². The van der Waals surface area contributed by atoms with E-state index in [4.69, 9.17) is 0 Å². The van der Waals surface area contributed by atoms with Gasteiger partial charge in [-0.2, -0.15) is 0 Å². The van der Waals surface area contributed by atoms with E-state index in [0.717, 1.165) is 16.8 Å². The number of nitrogens with zero attached hydrogens (tertiary/aromatic N) is 1. The molecule has 1 heterocycles. The quantitative estimate of drug-likeness (QED) is 0.720. The number of rotatable bonds is 5. The van der Waals surface area contributed by atoms with Crippen molar-refractivity contribution in [3.63, 3.8) is 0 Å². The molecule has 27 heavy (non-hydrogen) atoms. The van der Waals surface area contributed by atoms with Crippen molar-refractivity contribution in [2.75, 3.05) is 5.32 Å². The van der Waals surface area contributed by atoms with E-state index in [1.807, 2.05) is 32.0 Å². The summed E-state index contributed by atoms with van der Waals surface area (Å²) in [5.74, 6) is -0.506. The summed E-state index contributed by atoms with van der Waals surface area (Å²) < 4.78 is 14.5. The lowest BCUT2D eigenvalue weighted by Gasteiger charge is -2.08. The monoisotopic (exact) mass is 367 g/mol. The van der Waals surface area contributed by atoms with E-state index in [0.29, 0.717) is 23.4 Å². The van der Waals surface area contributed by atoms with Crippen molar-refractivity contribution in [1.29, 1.82) is 0 Å². The second-order valence-electron chi connectivity index (χ2n) is 6.70. The van der Waals surface area contributed by atoms with E-state index in [2.05, 4.69) is 10.4 Å². The number of halogens is 1. The molecule has 3 rings (SSSR count). The summed E-state index contributed by atoms with van der Waals surface area (Å²) in [6.45, 7) is 5.73. The fourth-order valence-corrected chi connectivity index (χ4v) is 3.05. The minimum atomic E-state index is -0.363. The van der Waals surface area contributed by atoms with Gasteiger partial charge in [-0.25, -0.2) is 9.07 Å². The Balaban J connectivity index is 1.72. The van der Waals surface area contributed by atoms with Crippen LogP contribution >= 0.6 is 0 Å². The number of carbonyl (C=O) groups excluding carboxylic acids is 1. The largest absolute Gasteiger partial charge is 0.326 e. The van der Waals surface area contributed by atoms with Crippen LogP contribution in [0.3, 0.4) is 0 Å². The highest BCUT2D eigenvalue weighted by Gasteiger charge is 2.14. The lowest BCUT2D eigenvalue weighted by Crippen LogP contribution is -2.19. The van der Waals surface area contributed by atoms with Crippen LogP contribution in [0.2, 0.25) is 0 Å². The van der Waals surface area contributed by atoms with Crippen molar-refractivity contribution in [3.8, 4) is 5.69 Å². The molecular weight excluding hydrogens is 345 g/mol. The van der Waals surface area contributed by atoms with Crippen LogP contribution in [-0.4, -0.2) is 15.7 Å². The van der Waals surface area contributed by atoms with Gasteiger partial charge >= 0.3 is 0 Å². The van der Waals surface area contributed by atoms with Crippen molar-refractivity contribution in [1.82, 2.24) is 9.78 Å². The Morgan fingerprint density at radius 3 is 2.48 bits per heavy atom. The van der Waals surface area contributed by atoms with Crippen LogP contribution in [-0.2, 0) is 11.2 Å². The number of H-pyrrole nitrogens is 1. The van der Waals surface area contributed by atoms with E-state index in [-0.39, 0.29) is 23.7 Å². The number of aromatic nitrogens is 2. The van der Waals surface area contributed by atoms with Crippen LogP contribution in [0.15, 0.2) is 47.3 Å². The minimum absolute atomic E-state index is 0.143. The molecule has 0 saturated carbocycles. The second-order valence-corrected chi connectivity index (χ2v) is 6.70. The Labute approximate surface area is 156 Å². The maximum atomic E-state index is 13.1. The molecule has 1 amide bonds. The fourth-order valence-electron chi connectivity index (χ4n) is 3.05. The normalized spacial score (nSPS) is 10.8. The first kappa shape index (κ1) is 18.6. The second kappa shape index (κ2) is 7.61. The van der Waals surface area contributed by atoms with E-state index >= 15 is 0 Å². The fraction of sp³-hybridized carbons (Fsp3) is 0.238.